The second-order valence-electron chi connectivity index (χ2n) is 3.44. The minimum Gasteiger partial charge on any atom is -0.481 e. The molecule has 0 saturated carbocycles. The van der Waals surface area contributed by atoms with Gasteiger partial charge >= 0.3 is 5.97 Å². The maximum absolute atomic E-state index is 10.9. The van der Waals surface area contributed by atoms with E-state index >= 15 is 0 Å². The minimum absolute atomic E-state index is 0.157. The molecule has 3 nitrogen and oxygen atoms in total. The Morgan fingerprint density at radius 3 is 2.33 bits per heavy atom. The van der Waals surface area contributed by atoms with Gasteiger partial charge in [-0.05, 0) is 24.7 Å². The first-order valence-corrected chi connectivity index (χ1v) is 5.51. The number of carboxylic acids is 1. The zero-order valence-electron chi connectivity index (χ0n) is 8.70. The van der Waals surface area contributed by atoms with E-state index in [0.717, 1.165) is 10.0 Å². The summed E-state index contributed by atoms with van der Waals surface area (Å²) in [6.07, 6.45) is 0. The van der Waals surface area contributed by atoms with Crippen LogP contribution in [-0.4, -0.2) is 18.1 Å². The van der Waals surface area contributed by atoms with E-state index in [0.29, 0.717) is 0 Å². The number of aliphatic carboxylic acids is 1. The van der Waals surface area contributed by atoms with Crippen LogP contribution in [0.25, 0.3) is 0 Å². The van der Waals surface area contributed by atoms with E-state index in [-0.39, 0.29) is 6.04 Å². The van der Waals surface area contributed by atoms with Crippen molar-refractivity contribution in [2.24, 2.45) is 5.92 Å². The third-order valence-electron chi connectivity index (χ3n) is 2.43. The topological polar surface area (TPSA) is 49.3 Å². The van der Waals surface area contributed by atoms with Gasteiger partial charge in [-0.3, -0.25) is 4.79 Å². The lowest BCUT2D eigenvalue weighted by molar-refractivity contribution is -0.142. The van der Waals surface area contributed by atoms with Crippen LogP contribution in [0.3, 0.4) is 0 Å². The molecule has 0 aliphatic heterocycles. The summed E-state index contributed by atoms with van der Waals surface area (Å²) in [6.45, 7) is 1.70. The van der Waals surface area contributed by atoms with Crippen LogP contribution in [0.5, 0.6) is 0 Å². The summed E-state index contributed by atoms with van der Waals surface area (Å²) in [6, 6.07) is 7.51. The Labute approximate surface area is 97.6 Å². The molecular formula is C11H14BrNO2. The average Bonchev–Trinajstić information content (AvgIpc) is 2.21. The number of nitrogens with one attached hydrogen (secondary N) is 1. The number of hydrogen-bond acceptors (Lipinski definition) is 2. The average molecular weight is 272 g/mol. The first-order chi connectivity index (χ1) is 7.06. The Kier molecular flexibility index (Phi) is 4.29. The van der Waals surface area contributed by atoms with E-state index in [1.165, 1.54) is 0 Å². The minimum atomic E-state index is -0.794. The van der Waals surface area contributed by atoms with Crippen LogP contribution in [-0.2, 0) is 4.79 Å². The van der Waals surface area contributed by atoms with E-state index < -0.39 is 11.9 Å². The summed E-state index contributed by atoms with van der Waals surface area (Å²) in [5, 5.41) is 12.0. The summed E-state index contributed by atoms with van der Waals surface area (Å²) in [7, 11) is 1.77. The van der Waals surface area contributed by atoms with Crippen LogP contribution in [0.4, 0.5) is 0 Å². The first-order valence-electron chi connectivity index (χ1n) is 4.71. The van der Waals surface area contributed by atoms with Crippen molar-refractivity contribution >= 4 is 21.9 Å². The Morgan fingerprint density at radius 2 is 1.93 bits per heavy atom. The van der Waals surface area contributed by atoms with Crippen molar-refractivity contribution in [3.8, 4) is 0 Å². The molecular weight excluding hydrogens is 258 g/mol. The lowest BCUT2D eigenvalue weighted by Crippen LogP contribution is -2.28. The number of halogens is 1. The van der Waals surface area contributed by atoms with E-state index in [9.17, 15) is 4.79 Å². The molecule has 15 heavy (non-hydrogen) atoms. The van der Waals surface area contributed by atoms with Gasteiger partial charge in [-0.1, -0.05) is 35.0 Å². The zero-order chi connectivity index (χ0) is 11.4. The van der Waals surface area contributed by atoms with E-state index in [2.05, 4.69) is 21.2 Å². The Bertz CT molecular complexity index is 337. The van der Waals surface area contributed by atoms with Gasteiger partial charge in [0, 0.05) is 10.5 Å². The number of carbonyl (C=O) groups is 1. The van der Waals surface area contributed by atoms with Crippen molar-refractivity contribution in [2.75, 3.05) is 7.05 Å². The van der Waals surface area contributed by atoms with Gasteiger partial charge in [0.25, 0.3) is 0 Å². The molecule has 0 saturated heterocycles. The van der Waals surface area contributed by atoms with Gasteiger partial charge in [-0.25, -0.2) is 0 Å². The van der Waals surface area contributed by atoms with E-state index in [1.54, 1.807) is 14.0 Å². The van der Waals surface area contributed by atoms with Crippen LogP contribution in [0.15, 0.2) is 28.7 Å². The second kappa shape index (κ2) is 5.28. The number of benzene rings is 1. The summed E-state index contributed by atoms with van der Waals surface area (Å²) in [4.78, 5) is 10.9. The van der Waals surface area contributed by atoms with Crippen molar-refractivity contribution in [1.82, 2.24) is 5.32 Å². The Morgan fingerprint density at radius 1 is 1.40 bits per heavy atom. The summed E-state index contributed by atoms with van der Waals surface area (Å²) < 4.78 is 0.990. The third kappa shape index (κ3) is 3.04. The van der Waals surface area contributed by atoms with Crippen molar-refractivity contribution in [2.45, 2.75) is 13.0 Å². The highest BCUT2D eigenvalue weighted by atomic mass is 79.9. The van der Waals surface area contributed by atoms with E-state index in [4.69, 9.17) is 5.11 Å². The maximum Gasteiger partial charge on any atom is 0.308 e. The molecule has 0 aliphatic rings. The molecule has 2 N–H and O–H groups in total. The Balaban J connectivity index is 2.92. The highest BCUT2D eigenvalue weighted by Gasteiger charge is 2.23. The molecule has 82 valence electrons. The number of hydrogen-bond donors (Lipinski definition) is 2. The molecule has 2 unspecified atom stereocenters. The molecule has 0 aliphatic carbocycles. The van der Waals surface area contributed by atoms with Gasteiger partial charge in [0.2, 0.25) is 0 Å². The van der Waals surface area contributed by atoms with Crippen molar-refractivity contribution in [3.63, 3.8) is 0 Å². The van der Waals surface area contributed by atoms with Gasteiger partial charge in [-0.15, -0.1) is 0 Å². The van der Waals surface area contributed by atoms with Crippen LogP contribution in [0.2, 0.25) is 0 Å². The largest absolute Gasteiger partial charge is 0.481 e. The molecule has 0 aromatic heterocycles. The predicted octanol–water partition coefficient (Wildman–Crippen LogP) is 2.43. The molecule has 0 spiro atoms. The van der Waals surface area contributed by atoms with Gasteiger partial charge < -0.3 is 10.4 Å². The van der Waals surface area contributed by atoms with E-state index in [1.807, 2.05) is 24.3 Å². The number of rotatable bonds is 4. The molecule has 0 fully saturated rings. The lowest BCUT2D eigenvalue weighted by atomic mass is 9.95. The molecule has 0 heterocycles. The quantitative estimate of drug-likeness (QED) is 0.885. The van der Waals surface area contributed by atoms with Gasteiger partial charge in [0.15, 0.2) is 0 Å². The smallest absolute Gasteiger partial charge is 0.308 e. The summed E-state index contributed by atoms with van der Waals surface area (Å²) in [5.74, 6) is -1.24. The molecule has 0 amide bonds. The third-order valence-corrected chi connectivity index (χ3v) is 2.96. The second-order valence-corrected chi connectivity index (χ2v) is 4.36. The highest BCUT2D eigenvalue weighted by molar-refractivity contribution is 9.10. The van der Waals surface area contributed by atoms with Crippen LogP contribution in [0, 0.1) is 5.92 Å². The standard InChI is InChI=1S/C11H14BrNO2/c1-7(11(14)15)10(13-2)8-3-5-9(12)6-4-8/h3-7,10,13H,1-2H3,(H,14,15). The fourth-order valence-corrected chi connectivity index (χ4v) is 1.78. The maximum atomic E-state index is 10.9. The van der Waals surface area contributed by atoms with Crippen LogP contribution < -0.4 is 5.32 Å². The van der Waals surface area contributed by atoms with Crippen molar-refractivity contribution < 1.29 is 9.90 Å². The first kappa shape index (κ1) is 12.2. The monoisotopic (exact) mass is 271 g/mol. The number of carboxylic acid groups (broad SMARTS) is 1. The Hall–Kier alpha value is -0.870. The zero-order valence-corrected chi connectivity index (χ0v) is 10.3. The SMILES string of the molecule is CNC(c1ccc(Br)cc1)C(C)C(=O)O. The van der Waals surface area contributed by atoms with Crippen LogP contribution >= 0.6 is 15.9 Å². The van der Waals surface area contributed by atoms with Crippen molar-refractivity contribution in [1.29, 1.82) is 0 Å². The molecule has 1 aromatic rings. The van der Waals surface area contributed by atoms with Gasteiger partial charge in [0.1, 0.15) is 0 Å². The lowest BCUT2D eigenvalue weighted by Gasteiger charge is -2.20. The predicted molar refractivity (Wildman–Crippen MR) is 62.7 cm³/mol. The van der Waals surface area contributed by atoms with Gasteiger partial charge in [0.05, 0.1) is 5.92 Å². The molecule has 1 aromatic carbocycles. The molecule has 2 atom stereocenters. The fourth-order valence-electron chi connectivity index (χ4n) is 1.52. The van der Waals surface area contributed by atoms with Gasteiger partial charge in [-0.2, -0.15) is 0 Å². The van der Waals surface area contributed by atoms with Crippen LogP contribution in [0.1, 0.15) is 18.5 Å². The normalized spacial score (nSPS) is 14.6. The fraction of sp³-hybridized carbons (Fsp3) is 0.364. The molecule has 4 heteroatoms. The molecule has 1 rings (SSSR count). The summed E-state index contributed by atoms with van der Waals surface area (Å²) >= 11 is 3.35. The molecule has 0 radical (unpaired) electrons. The molecule has 0 bridgehead atoms. The summed E-state index contributed by atoms with van der Waals surface area (Å²) in [5.41, 5.74) is 0.982. The highest BCUT2D eigenvalue weighted by Crippen LogP contribution is 2.23. The van der Waals surface area contributed by atoms with Crippen molar-refractivity contribution in [3.05, 3.63) is 34.3 Å².